The summed E-state index contributed by atoms with van der Waals surface area (Å²) in [6, 6.07) is 7.08. The van der Waals surface area contributed by atoms with Crippen molar-refractivity contribution in [1.29, 1.82) is 0 Å². The molecule has 0 saturated heterocycles. The van der Waals surface area contributed by atoms with Gasteiger partial charge in [-0.05, 0) is 31.4 Å². The second-order valence-corrected chi connectivity index (χ2v) is 7.57. The lowest BCUT2D eigenvalue weighted by atomic mass is 10.1. The Morgan fingerprint density at radius 1 is 1.19 bits per heavy atom. The van der Waals surface area contributed by atoms with E-state index in [1.54, 1.807) is 28.6 Å². The molecule has 0 saturated carbocycles. The van der Waals surface area contributed by atoms with Gasteiger partial charge in [-0.2, -0.15) is 4.31 Å². The monoisotopic (exact) mass is 313 g/mol. The molecule has 1 rings (SSSR count). The summed E-state index contributed by atoms with van der Waals surface area (Å²) < 4.78 is 26.8. The van der Waals surface area contributed by atoms with Gasteiger partial charge in [-0.3, -0.25) is 0 Å². The van der Waals surface area contributed by atoms with E-state index in [2.05, 4.69) is 6.92 Å². The second kappa shape index (κ2) is 8.51. The normalized spacial score (nSPS) is 12.3. The highest BCUT2D eigenvalue weighted by molar-refractivity contribution is 7.88. The minimum atomic E-state index is -3.33. The first-order valence-corrected chi connectivity index (χ1v) is 9.19. The molecule has 0 amide bonds. The molecule has 120 valence electrons. The van der Waals surface area contributed by atoms with Gasteiger partial charge in [0.05, 0.1) is 12.4 Å². The summed E-state index contributed by atoms with van der Waals surface area (Å²) in [6.07, 6.45) is 3.01. The van der Waals surface area contributed by atoms with Crippen LogP contribution >= 0.6 is 0 Å². The zero-order chi connectivity index (χ0) is 15.9. The van der Waals surface area contributed by atoms with Crippen LogP contribution in [0.4, 0.5) is 0 Å². The Kier molecular flexibility index (Phi) is 7.35. The van der Waals surface area contributed by atoms with Crippen molar-refractivity contribution in [3.63, 3.8) is 0 Å². The van der Waals surface area contributed by atoms with E-state index in [0.717, 1.165) is 30.4 Å². The van der Waals surface area contributed by atoms with Gasteiger partial charge in [0.25, 0.3) is 0 Å². The van der Waals surface area contributed by atoms with Gasteiger partial charge in [-0.25, -0.2) is 8.42 Å². The number of unbranched alkanes of at least 4 members (excludes halogenated alkanes) is 2. The van der Waals surface area contributed by atoms with E-state index in [1.807, 2.05) is 13.8 Å². The summed E-state index contributed by atoms with van der Waals surface area (Å²) in [7, 11) is -3.33. The van der Waals surface area contributed by atoms with E-state index >= 15 is 0 Å². The first kappa shape index (κ1) is 18.1. The summed E-state index contributed by atoms with van der Waals surface area (Å²) in [6.45, 7) is 6.43. The van der Waals surface area contributed by atoms with Crippen molar-refractivity contribution in [2.75, 3.05) is 6.54 Å². The van der Waals surface area contributed by atoms with Gasteiger partial charge < -0.3 is 5.11 Å². The SMILES string of the molecule is CCCCCN(C(C)C)S(=O)(=O)Cc1cccc(CO)c1. The number of sulfonamides is 1. The Hall–Kier alpha value is -0.910. The van der Waals surface area contributed by atoms with Crippen LogP contribution in [0.1, 0.15) is 51.2 Å². The molecular weight excluding hydrogens is 286 g/mol. The second-order valence-electron chi connectivity index (χ2n) is 5.65. The quantitative estimate of drug-likeness (QED) is 0.713. The molecule has 0 aliphatic heterocycles. The van der Waals surface area contributed by atoms with Gasteiger partial charge in [0.1, 0.15) is 0 Å². The molecule has 0 fully saturated rings. The van der Waals surface area contributed by atoms with Crippen LogP contribution in [-0.2, 0) is 22.4 Å². The van der Waals surface area contributed by atoms with Crippen LogP contribution in [0.5, 0.6) is 0 Å². The molecule has 0 atom stereocenters. The predicted molar refractivity (Wildman–Crippen MR) is 86.4 cm³/mol. The molecule has 0 bridgehead atoms. The van der Waals surface area contributed by atoms with E-state index in [4.69, 9.17) is 5.11 Å². The smallest absolute Gasteiger partial charge is 0.218 e. The van der Waals surface area contributed by atoms with Gasteiger partial charge in [-0.1, -0.05) is 44.0 Å². The fraction of sp³-hybridized carbons (Fsp3) is 0.625. The van der Waals surface area contributed by atoms with Crippen molar-refractivity contribution >= 4 is 10.0 Å². The van der Waals surface area contributed by atoms with Crippen molar-refractivity contribution in [3.05, 3.63) is 35.4 Å². The van der Waals surface area contributed by atoms with Gasteiger partial charge in [0.15, 0.2) is 0 Å². The van der Waals surface area contributed by atoms with Crippen molar-refractivity contribution in [1.82, 2.24) is 4.31 Å². The van der Waals surface area contributed by atoms with Crippen molar-refractivity contribution in [2.45, 2.75) is 58.4 Å². The van der Waals surface area contributed by atoms with E-state index in [-0.39, 0.29) is 18.4 Å². The lowest BCUT2D eigenvalue weighted by Gasteiger charge is -2.26. The number of aliphatic hydroxyl groups is 1. The number of hydrogen-bond donors (Lipinski definition) is 1. The standard InChI is InChI=1S/C16H27NO3S/c1-4-5-6-10-17(14(2)3)21(19,20)13-16-9-7-8-15(11-16)12-18/h7-9,11,14,18H,4-6,10,12-13H2,1-3H3. The minimum absolute atomic E-state index is 0.00878. The van der Waals surface area contributed by atoms with Crippen molar-refractivity contribution in [2.24, 2.45) is 0 Å². The predicted octanol–water partition coefficient (Wildman–Crippen LogP) is 2.91. The molecule has 0 aromatic heterocycles. The van der Waals surface area contributed by atoms with Crippen LogP contribution in [0.3, 0.4) is 0 Å². The molecule has 0 aliphatic rings. The van der Waals surface area contributed by atoms with Crippen LogP contribution in [0.2, 0.25) is 0 Å². The lowest BCUT2D eigenvalue weighted by molar-refractivity contribution is 0.281. The molecule has 0 aliphatic carbocycles. The molecule has 0 heterocycles. The third-order valence-corrected chi connectivity index (χ3v) is 5.46. The molecule has 0 unspecified atom stereocenters. The molecular formula is C16H27NO3S. The summed E-state index contributed by atoms with van der Waals surface area (Å²) in [5.41, 5.74) is 1.47. The maximum Gasteiger partial charge on any atom is 0.218 e. The molecule has 1 N–H and O–H groups in total. The van der Waals surface area contributed by atoms with E-state index in [0.29, 0.717) is 6.54 Å². The fourth-order valence-electron chi connectivity index (χ4n) is 2.35. The molecule has 21 heavy (non-hydrogen) atoms. The molecule has 4 nitrogen and oxygen atoms in total. The van der Waals surface area contributed by atoms with Crippen LogP contribution in [0.25, 0.3) is 0 Å². The average molecular weight is 313 g/mol. The largest absolute Gasteiger partial charge is 0.392 e. The highest BCUT2D eigenvalue weighted by Gasteiger charge is 2.24. The van der Waals surface area contributed by atoms with Gasteiger partial charge in [0.2, 0.25) is 10.0 Å². The molecule has 0 spiro atoms. The van der Waals surface area contributed by atoms with Crippen molar-refractivity contribution in [3.8, 4) is 0 Å². The van der Waals surface area contributed by atoms with Crippen LogP contribution in [0, 0.1) is 0 Å². The summed E-state index contributed by atoms with van der Waals surface area (Å²) in [5, 5.41) is 9.14. The summed E-state index contributed by atoms with van der Waals surface area (Å²) in [4.78, 5) is 0. The molecule has 5 heteroatoms. The molecule has 0 radical (unpaired) electrons. The first-order chi connectivity index (χ1) is 9.90. The third kappa shape index (κ3) is 5.77. The van der Waals surface area contributed by atoms with Gasteiger partial charge in [-0.15, -0.1) is 0 Å². The highest BCUT2D eigenvalue weighted by atomic mass is 32.2. The van der Waals surface area contributed by atoms with Crippen LogP contribution in [0.15, 0.2) is 24.3 Å². The Morgan fingerprint density at radius 3 is 2.43 bits per heavy atom. The Bertz CT molecular complexity index is 526. The summed E-state index contributed by atoms with van der Waals surface area (Å²) in [5.74, 6) is -0.00878. The Morgan fingerprint density at radius 2 is 1.86 bits per heavy atom. The maximum atomic E-state index is 12.6. The zero-order valence-electron chi connectivity index (χ0n) is 13.2. The molecule has 1 aromatic rings. The van der Waals surface area contributed by atoms with Crippen LogP contribution in [-0.4, -0.2) is 30.4 Å². The van der Waals surface area contributed by atoms with Crippen molar-refractivity contribution < 1.29 is 13.5 Å². The van der Waals surface area contributed by atoms with Gasteiger partial charge >= 0.3 is 0 Å². The topological polar surface area (TPSA) is 57.6 Å². The van der Waals surface area contributed by atoms with Gasteiger partial charge in [0, 0.05) is 12.6 Å². The number of rotatable bonds is 9. The number of hydrogen-bond acceptors (Lipinski definition) is 3. The van der Waals surface area contributed by atoms with E-state index in [1.165, 1.54) is 0 Å². The summed E-state index contributed by atoms with van der Waals surface area (Å²) >= 11 is 0. The first-order valence-electron chi connectivity index (χ1n) is 7.59. The zero-order valence-corrected chi connectivity index (χ0v) is 14.1. The number of aliphatic hydroxyl groups excluding tert-OH is 1. The maximum absolute atomic E-state index is 12.6. The lowest BCUT2D eigenvalue weighted by Crippen LogP contribution is -2.38. The Labute approximate surface area is 128 Å². The third-order valence-electron chi connectivity index (χ3n) is 3.44. The van der Waals surface area contributed by atoms with E-state index < -0.39 is 10.0 Å². The van der Waals surface area contributed by atoms with Crippen LogP contribution < -0.4 is 0 Å². The average Bonchev–Trinajstić information content (AvgIpc) is 2.42. The number of benzene rings is 1. The number of nitrogens with zero attached hydrogens (tertiary/aromatic N) is 1. The molecule has 1 aromatic carbocycles. The van der Waals surface area contributed by atoms with E-state index in [9.17, 15) is 8.42 Å². The fourth-order valence-corrected chi connectivity index (χ4v) is 4.16. The highest BCUT2D eigenvalue weighted by Crippen LogP contribution is 2.16. The Balaban J connectivity index is 2.84. The minimum Gasteiger partial charge on any atom is -0.392 e.